The summed E-state index contributed by atoms with van der Waals surface area (Å²) in [5.41, 5.74) is 1.08. The van der Waals surface area contributed by atoms with Crippen LogP contribution in [0.1, 0.15) is 11.6 Å². The predicted octanol–water partition coefficient (Wildman–Crippen LogP) is 1.47. The lowest BCUT2D eigenvalue weighted by Gasteiger charge is -2.24. The number of hydrogen-bond acceptors (Lipinski definition) is 3. The minimum absolute atomic E-state index is 0. The molecule has 1 unspecified atom stereocenters. The van der Waals surface area contributed by atoms with Crippen molar-refractivity contribution in [3.63, 3.8) is 0 Å². The summed E-state index contributed by atoms with van der Waals surface area (Å²) < 4.78 is 5.33. The summed E-state index contributed by atoms with van der Waals surface area (Å²) in [5.74, 6) is 0.310. The van der Waals surface area contributed by atoms with Crippen molar-refractivity contribution in [2.45, 2.75) is 6.04 Å². The largest absolute Gasteiger partial charge is 0.508 e. The number of phenols is 1. The van der Waals surface area contributed by atoms with Crippen LogP contribution in [-0.2, 0) is 4.74 Å². The van der Waals surface area contributed by atoms with Crippen LogP contribution in [0.4, 0.5) is 0 Å². The molecule has 4 heteroatoms. The topological polar surface area (TPSA) is 41.5 Å². The van der Waals surface area contributed by atoms with Crippen molar-refractivity contribution < 1.29 is 9.84 Å². The Morgan fingerprint density at radius 2 is 2.29 bits per heavy atom. The first-order valence-corrected chi connectivity index (χ1v) is 4.46. The van der Waals surface area contributed by atoms with Gasteiger partial charge in [-0.3, -0.25) is 0 Å². The number of ether oxygens (including phenoxy) is 1. The fourth-order valence-electron chi connectivity index (χ4n) is 1.52. The molecule has 3 nitrogen and oxygen atoms in total. The Kier molecular flexibility index (Phi) is 4.20. The smallest absolute Gasteiger partial charge is 0.115 e. The predicted molar refractivity (Wildman–Crippen MR) is 56.9 cm³/mol. The van der Waals surface area contributed by atoms with Gasteiger partial charge in [0.1, 0.15) is 5.75 Å². The number of morpholine rings is 1. The average Bonchev–Trinajstić information content (AvgIpc) is 2.19. The number of aromatic hydroxyl groups is 1. The van der Waals surface area contributed by atoms with Gasteiger partial charge < -0.3 is 15.2 Å². The zero-order valence-electron chi connectivity index (χ0n) is 7.77. The third-order valence-corrected chi connectivity index (χ3v) is 2.19. The van der Waals surface area contributed by atoms with Crippen LogP contribution in [0, 0.1) is 0 Å². The first-order valence-electron chi connectivity index (χ1n) is 4.46. The van der Waals surface area contributed by atoms with Gasteiger partial charge in [-0.1, -0.05) is 12.1 Å². The maximum atomic E-state index is 9.28. The van der Waals surface area contributed by atoms with Gasteiger partial charge in [-0.2, -0.15) is 0 Å². The van der Waals surface area contributed by atoms with Crippen molar-refractivity contribution in [1.29, 1.82) is 0 Å². The third kappa shape index (κ3) is 2.61. The molecule has 1 aliphatic heterocycles. The standard InChI is InChI=1S/C10H13NO2.ClH/c12-9-3-1-2-8(6-9)10-7-13-5-4-11-10;/h1-3,6,10-12H,4-5,7H2;1H. The first-order chi connectivity index (χ1) is 6.36. The summed E-state index contributed by atoms with van der Waals surface area (Å²) in [6.45, 7) is 2.33. The van der Waals surface area contributed by atoms with Gasteiger partial charge in [0.25, 0.3) is 0 Å². The van der Waals surface area contributed by atoms with E-state index in [-0.39, 0.29) is 18.4 Å². The summed E-state index contributed by atoms with van der Waals surface area (Å²) in [6, 6.07) is 7.51. The normalized spacial score (nSPS) is 21.3. The highest BCUT2D eigenvalue weighted by Crippen LogP contribution is 2.19. The van der Waals surface area contributed by atoms with Gasteiger partial charge in [-0.05, 0) is 17.7 Å². The molecule has 0 radical (unpaired) electrons. The van der Waals surface area contributed by atoms with E-state index in [1.165, 1.54) is 0 Å². The number of benzene rings is 1. The number of rotatable bonds is 1. The SMILES string of the molecule is Cl.Oc1cccc(C2COCCN2)c1. The van der Waals surface area contributed by atoms with E-state index in [4.69, 9.17) is 4.74 Å². The molecule has 2 rings (SSSR count). The number of nitrogens with one attached hydrogen (secondary N) is 1. The van der Waals surface area contributed by atoms with Gasteiger partial charge in [0.2, 0.25) is 0 Å². The highest BCUT2D eigenvalue weighted by atomic mass is 35.5. The number of halogens is 1. The second-order valence-electron chi connectivity index (χ2n) is 3.18. The quantitative estimate of drug-likeness (QED) is 0.746. The Bertz CT molecular complexity index is 287. The van der Waals surface area contributed by atoms with E-state index in [9.17, 15) is 5.11 Å². The molecule has 14 heavy (non-hydrogen) atoms. The van der Waals surface area contributed by atoms with Crippen molar-refractivity contribution >= 4 is 12.4 Å². The summed E-state index contributed by atoms with van der Waals surface area (Å²) in [5, 5.41) is 12.6. The van der Waals surface area contributed by atoms with Gasteiger partial charge in [0.05, 0.1) is 19.3 Å². The van der Waals surface area contributed by atoms with E-state index in [0.29, 0.717) is 12.4 Å². The molecule has 0 aliphatic carbocycles. The van der Waals surface area contributed by atoms with E-state index in [1.54, 1.807) is 12.1 Å². The van der Waals surface area contributed by atoms with Gasteiger partial charge in [0.15, 0.2) is 0 Å². The van der Waals surface area contributed by atoms with Crippen LogP contribution < -0.4 is 5.32 Å². The van der Waals surface area contributed by atoms with Crippen molar-refractivity contribution in [2.24, 2.45) is 0 Å². The summed E-state index contributed by atoms with van der Waals surface area (Å²) >= 11 is 0. The zero-order chi connectivity index (χ0) is 9.10. The molecule has 0 aromatic heterocycles. The molecule has 0 bridgehead atoms. The minimum Gasteiger partial charge on any atom is -0.508 e. The highest BCUT2D eigenvalue weighted by molar-refractivity contribution is 5.85. The molecule has 1 aromatic carbocycles. The number of hydrogen-bond donors (Lipinski definition) is 2. The number of phenolic OH excluding ortho intramolecular Hbond substituents is 1. The van der Waals surface area contributed by atoms with Crippen LogP contribution in [-0.4, -0.2) is 24.9 Å². The van der Waals surface area contributed by atoms with Crippen LogP contribution in [0.3, 0.4) is 0 Å². The molecule has 0 spiro atoms. The molecule has 2 N–H and O–H groups in total. The Balaban J connectivity index is 0.000000980. The van der Waals surface area contributed by atoms with E-state index in [1.807, 2.05) is 12.1 Å². The average molecular weight is 216 g/mol. The van der Waals surface area contributed by atoms with Gasteiger partial charge in [-0.25, -0.2) is 0 Å². The second-order valence-corrected chi connectivity index (χ2v) is 3.18. The summed E-state index contributed by atoms with van der Waals surface area (Å²) in [4.78, 5) is 0. The molecule has 1 fully saturated rings. The van der Waals surface area contributed by atoms with Crippen molar-refractivity contribution in [2.75, 3.05) is 19.8 Å². The molecule has 0 amide bonds. The molecule has 78 valence electrons. The lowest BCUT2D eigenvalue weighted by atomic mass is 10.1. The van der Waals surface area contributed by atoms with Crippen molar-refractivity contribution in [1.82, 2.24) is 5.32 Å². The summed E-state index contributed by atoms with van der Waals surface area (Å²) in [7, 11) is 0. The Morgan fingerprint density at radius 3 is 2.93 bits per heavy atom. The van der Waals surface area contributed by atoms with Gasteiger partial charge in [0, 0.05) is 6.54 Å². The molecular formula is C10H14ClNO2. The minimum atomic E-state index is 0. The van der Waals surface area contributed by atoms with E-state index in [2.05, 4.69) is 5.32 Å². The Labute approximate surface area is 89.5 Å². The monoisotopic (exact) mass is 215 g/mol. The molecule has 1 saturated heterocycles. The lowest BCUT2D eigenvalue weighted by molar-refractivity contribution is 0.0768. The third-order valence-electron chi connectivity index (χ3n) is 2.19. The van der Waals surface area contributed by atoms with Gasteiger partial charge >= 0.3 is 0 Å². The van der Waals surface area contributed by atoms with Crippen LogP contribution in [0.2, 0.25) is 0 Å². The zero-order valence-corrected chi connectivity index (χ0v) is 8.59. The van der Waals surface area contributed by atoms with Crippen LogP contribution in [0.25, 0.3) is 0 Å². The maximum Gasteiger partial charge on any atom is 0.115 e. The van der Waals surface area contributed by atoms with Crippen molar-refractivity contribution in [3.8, 4) is 5.75 Å². The van der Waals surface area contributed by atoms with Crippen molar-refractivity contribution in [3.05, 3.63) is 29.8 Å². The lowest BCUT2D eigenvalue weighted by Crippen LogP contribution is -2.34. The fraction of sp³-hybridized carbons (Fsp3) is 0.400. The molecule has 1 aliphatic rings. The molecular weight excluding hydrogens is 202 g/mol. The summed E-state index contributed by atoms with van der Waals surface area (Å²) in [6.07, 6.45) is 0. The first kappa shape index (κ1) is 11.3. The van der Waals surface area contributed by atoms with Gasteiger partial charge in [-0.15, -0.1) is 12.4 Å². The fourth-order valence-corrected chi connectivity index (χ4v) is 1.52. The molecule has 0 saturated carbocycles. The Hall–Kier alpha value is -0.770. The van der Waals surface area contributed by atoms with E-state index < -0.39 is 0 Å². The van der Waals surface area contributed by atoms with Crippen LogP contribution in [0.15, 0.2) is 24.3 Å². The molecule has 1 heterocycles. The van der Waals surface area contributed by atoms with Crippen LogP contribution >= 0.6 is 12.4 Å². The second kappa shape index (κ2) is 5.20. The molecule has 1 aromatic rings. The maximum absolute atomic E-state index is 9.28. The highest BCUT2D eigenvalue weighted by Gasteiger charge is 2.14. The van der Waals surface area contributed by atoms with Crippen LogP contribution in [0.5, 0.6) is 5.75 Å². The van der Waals surface area contributed by atoms with E-state index >= 15 is 0 Å². The Morgan fingerprint density at radius 1 is 1.43 bits per heavy atom. The molecule has 1 atom stereocenters. The van der Waals surface area contributed by atoms with E-state index in [0.717, 1.165) is 18.7 Å².